The molecule has 0 aromatic carbocycles. The Morgan fingerprint density at radius 1 is 1.50 bits per heavy atom. The molecule has 1 aromatic rings. The van der Waals surface area contributed by atoms with Crippen LogP contribution in [0, 0.1) is 0 Å². The summed E-state index contributed by atoms with van der Waals surface area (Å²) in [5, 5.41) is 0. The summed E-state index contributed by atoms with van der Waals surface area (Å²) in [7, 11) is 0. The highest BCUT2D eigenvalue weighted by Crippen LogP contribution is 1.95. The van der Waals surface area contributed by atoms with Crippen molar-refractivity contribution in [2.75, 3.05) is 5.73 Å². The average Bonchev–Trinajstić information content (AvgIpc) is 1.98. The van der Waals surface area contributed by atoms with E-state index in [1.54, 1.807) is 16.8 Å². The molecule has 0 atom stereocenters. The Kier molecular flexibility index (Phi) is 4.44. The Morgan fingerprint density at radius 2 is 2.17 bits per heavy atom. The normalized spacial score (nSPS) is 9.08. The Morgan fingerprint density at radius 3 is 2.75 bits per heavy atom. The third kappa shape index (κ3) is 2.58. The average molecular weight is 189 g/mol. The molecule has 3 nitrogen and oxygen atoms in total. The molecule has 0 saturated heterocycles. The van der Waals surface area contributed by atoms with Gasteiger partial charge in [0.25, 0.3) is 5.56 Å². The van der Waals surface area contributed by atoms with Crippen LogP contribution < -0.4 is 11.3 Å². The first-order valence-corrected chi connectivity index (χ1v) is 3.70. The van der Waals surface area contributed by atoms with Crippen molar-refractivity contribution in [3.8, 4) is 0 Å². The van der Waals surface area contributed by atoms with Gasteiger partial charge in [-0.3, -0.25) is 4.79 Å². The van der Waals surface area contributed by atoms with Crippen molar-refractivity contribution < 1.29 is 0 Å². The number of halogens is 1. The van der Waals surface area contributed by atoms with Gasteiger partial charge in [-0.05, 0) is 12.5 Å². The number of nitrogens with zero attached hydrogens (tertiary/aromatic N) is 1. The van der Waals surface area contributed by atoms with E-state index in [1.807, 2.05) is 6.92 Å². The minimum absolute atomic E-state index is 0. The summed E-state index contributed by atoms with van der Waals surface area (Å²) in [6, 6.07) is 3.11. The second-order valence-electron chi connectivity index (χ2n) is 2.49. The van der Waals surface area contributed by atoms with Crippen LogP contribution in [0.4, 0.5) is 5.69 Å². The Labute approximate surface area is 77.6 Å². The van der Waals surface area contributed by atoms with Gasteiger partial charge in [0.2, 0.25) is 0 Å². The molecule has 0 radical (unpaired) electrons. The number of nitrogens with two attached hydrogens (primary N) is 1. The molecule has 0 aliphatic heterocycles. The largest absolute Gasteiger partial charge is 0.398 e. The molecule has 0 saturated carbocycles. The van der Waals surface area contributed by atoms with E-state index >= 15 is 0 Å². The highest BCUT2D eigenvalue weighted by atomic mass is 35.5. The van der Waals surface area contributed by atoms with Crippen LogP contribution in [0.15, 0.2) is 23.1 Å². The number of nitrogen functional groups attached to an aromatic ring is 1. The smallest absolute Gasteiger partial charge is 0.250 e. The minimum Gasteiger partial charge on any atom is -0.398 e. The molecule has 0 fully saturated rings. The molecule has 1 aromatic heterocycles. The SMILES string of the molecule is CCCn1cc(N)ccc1=O.Cl. The molecule has 0 unspecified atom stereocenters. The minimum atomic E-state index is 0. The van der Waals surface area contributed by atoms with Crippen LogP contribution in [0.2, 0.25) is 0 Å². The van der Waals surface area contributed by atoms with Gasteiger partial charge in [-0.1, -0.05) is 6.92 Å². The molecule has 0 amide bonds. The van der Waals surface area contributed by atoms with E-state index < -0.39 is 0 Å². The lowest BCUT2D eigenvalue weighted by Crippen LogP contribution is -2.18. The van der Waals surface area contributed by atoms with Gasteiger partial charge in [-0.15, -0.1) is 12.4 Å². The van der Waals surface area contributed by atoms with Crippen LogP contribution >= 0.6 is 12.4 Å². The van der Waals surface area contributed by atoms with E-state index in [4.69, 9.17) is 5.73 Å². The third-order valence-electron chi connectivity index (χ3n) is 1.47. The second-order valence-corrected chi connectivity index (χ2v) is 2.49. The Bertz CT molecular complexity index is 295. The highest BCUT2D eigenvalue weighted by Gasteiger charge is 1.92. The highest BCUT2D eigenvalue weighted by molar-refractivity contribution is 5.85. The maximum atomic E-state index is 11.1. The molecular weight excluding hydrogens is 176 g/mol. The van der Waals surface area contributed by atoms with Crippen LogP contribution in [-0.4, -0.2) is 4.57 Å². The lowest BCUT2D eigenvalue weighted by atomic mass is 10.4. The first-order chi connectivity index (χ1) is 5.24. The van der Waals surface area contributed by atoms with Crippen molar-refractivity contribution in [1.82, 2.24) is 4.57 Å². The fourth-order valence-corrected chi connectivity index (χ4v) is 0.965. The van der Waals surface area contributed by atoms with Gasteiger partial charge in [0.15, 0.2) is 0 Å². The van der Waals surface area contributed by atoms with Gasteiger partial charge < -0.3 is 10.3 Å². The number of hydrogen-bond acceptors (Lipinski definition) is 2. The summed E-state index contributed by atoms with van der Waals surface area (Å²) >= 11 is 0. The van der Waals surface area contributed by atoms with Crippen molar-refractivity contribution in [3.63, 3.8) is 0 Å². The summed E-state index contributed by atoms with van der Waals surface area (Å²) in [6.45, 7) is 2.76. The van der Waals surface area contributed by atoms with Gasteiger partial charge in [0, 0.05) is 24.5 Å². The van der Waals surface area contributed by atoms with Crippen molar-refractivity contribution in [1.29, 1.82) is 0 Å². The molecule has 0 spiro atoms. The number of rotatable bonds is 2. The van der Waals surface area contributed by atoms with Crippen LogP contribution in [0.5, 0.6) is 0 Å². The molecule has 12 heavy (non-hydrogen) atoms. The van der Waals surface area contributed by atoms with E-state index in [-0.39, 0.29) is 18.0 Å². The van der Waals surface area contributed by atoms with E-state index in [9.17, 15) is 4.79 Å². The number of anilines is 1. The quantitative estimate of drug-likeness (QED) is 0.760. The maximum absolute atomic E-state index is 11.1. The van der Waals surface area contributed by atoms with Gasteiger partial charge in [-0.2, -0.15) is 0 Å². The second kappa shape index (κ2) is 4.83. The molecule has 68 valence electrons. The fourth-order valence-electron chi connectivity index (χ4n) is 0.965. The van der Waals surface area contributed by atoms with E-state index in [1.165, 1.54) is 6.07 Å². The van der Waals surface area contributed by atoms with Gasteiger partial charge in [-0.25, -0.2) is 0 Å². The zero-order valence-corrected chi connectivity index (χ0v) is 7.80. The molecule has 0 aliphatic carbocycles. The van der Waals surface area contributed by atoms with Crippen molar-refractivity contribution in [3.05, 3.63) is 28.7 Å². The molecule has 4 heteroatoms. The topological polar surface area (TPSA) is 48.0 Å². The number of aryl methyl sites for hydroxylation is 1. The zero-order chi connectivity index (χ0) is 8.27. The van der Waals surface area contributed by atoms with E-state index in [0.29, 0.717) is 5.69 Å². The Balaban J connectivity index is 0.00000121. The van der Waals surface area contributed by atoms with Crippen molar-refractivity contribution >= 4 is 18.1 Å². The van der Waals surface area contributed by atoms with Crippen LogP contribution in [0.1, 0.15) is 13.3 Å². The summed E-state index contributed by atoms with van der Waals surface area (Å²) in [6.07, 6.45) is 2.62. The molecular formula is C8H13ClN2O. The summed E-state index contributed by atoms with van der Waals surface area (Å²) in [5.74, 6) is 0. The lowest BCUT2D eigenvalue weighted by Gasteiger charge is -2.02. The first-order valence-electron chi connectivity index (χ1n) is 3.70. The molecule has 0 aliphatic rings. The molecule has 0 bridgehead atoms. The monoisotopic (exact) mass is 188 g/mol. The summed E-state index contributed by atoms with van der Waals surface area (Å²) < 4.78 is 1.62. The fraction of sp³-hybridized carbons (Fsp3) is 0.375. The van der Waals surface area contributed by atoms with Gasteiger partial charge in [0.1, 0.15) is 0 Å². The van der Waals surface area contributed by atoms with Crippen molar-refractivity contribution in [2.45, 2.75) is 19.9 Å². The zero-order valence-electron chi connectivity index (χ0n) is 6.99. The van der Waals surface area contributed by atoms with Gasteiger partial charge >= 0.3 is 0 Å². The number of hydrogen-bond donors (Lipinski definition) is 1. The molecule has 1 heterocycles. The van der Waals surface area contributed by atoms with Crippen molar-refractivity contribution in [2.24, 2.45) is 0 Å². The number of pyridine rings is 1. The van der Waals surface area contributed by atoms with E-state index in [0.717, 1.165) is 13.0 Å². The third-order valence-corrected chi connectivity index (χ3v) is 1.47. The number of aromatic nitrogens is 1. The van der Waals surface area contributed by atoms with Crippen LogP contribution in [0.25, 0.3) is 0 Å². The Hall–Kier alpha value is -0.960. The molecule has 2 N–H and O–H groups in total. The lowest BCUT2D eigenvalue weighted by molar-refractivity contribution is 0.655. The maximum Gasteiger partial charge on any atom is 0.250 e. The predicted octanol–water partition coefficient (Wildman–Crippen LogP) is 1.26. The molecule has 1 rings (SSSR count). The predicted molar refractivity (Wildman–Crippen MR) is 52.7 cm³/mol. The first kappa shape index (κ1) is 11.0. The summed E-state index contributed by atoms with van der Waals surface area (Å²) in [4.78, 5) is 11.1. The standard InChI is InChI=1S/C8H12N2O.ClH/c1-2-5-10-6-7(9)3-4-8(10)11;/h3-4,6H,2,5,9H2,1H3;1H. The van der Waals surface area contributed by atoms with Crippen LogP contribution in [-0.2, 0) is 6.54 Å². The van der Waals surface area contributed by atoms with Gasteiger partial charge in [0.05, 0.1) is 0 Å². The van der Waals surface area contributed by atoms with Crippen LogP contribution in [0.3, 0.4) is 0 Å². The van der Waals surface area contributed by atoms with E-state index in [2.05, 4.69) is 0 Å². The summed E-state index contributed by atoms with van der Waals surface area (Å²) in [5.41, 5.74) is 6.15.